The zero-order valence-electron chi connectivity index (χ0n) is 15.4. The number of allylic oxidation sites excluding steroid dienone is 1. The van der Waals surface area contributed by atoms with Gasteiger partial charge < -0.3 is 10.1 Å². The summed E-state index contributed by atoms with van der Waals surface area (Å²) < 4.78 is 49.5. The third-order valence-electron chi connectivity index (χ3n) is 4.49. The number of anilines is 1. The van der Waals surface area contributed by atoms with Crippen LogP contribution in [0.4, 0.5) is 10.1 Å². The zero-order valence-corrected chi connectivity index (χ0v) is 17.8. The van der Waals surface area contributed by atoms with Gasteiger partial charge in [0.05, 0.1) is 17.7 Å². The fraction of sp³-hybridized carbons (Fsp3) is 0.278. The Labute approximate surface area is 181 Å². The number of nitrogens with zero attached hydrogens (tertiary/aromatic N) is 3. The van der Waals surface area contributed by atoms with Crippen molar-refractivity contribution in [3.8, 4) is 0 Å². The van der Waals surface area contributed by atoms with Crippen molar-refractivity contribution in [2.24, 2.45) is 4.40 Å². The molecule has 1 fully saturated rings. The van der Waals surface area contributed by atoms with E-state index in [4.69, 9.17) is 16.3 Å². The van der Waals surface area contributed by atoms with Crippen LogP contribution in [0, 0.1) is 5.82 Å². The standard InChI is InChI=1S/C18H16ClFN4O4S2/c19-13-8-11(3-4-14(13)20)22-17(25)16-9-15(18-21-5-7-29-18)23-30(26,27)24(16)10-12-2-1-6-28-12/h3-5,7-9,12H,1-2,6,10H2,(H,22,25). The largest absolute Gasteiger partial charge is 0.376 e. The molecule has 12 heteroatoms. The zero-order chi connectivity index (χ0) is 21.3. The number of halogens is 2. The van der Waals surface area contributed by atoms with Crippen LogP contribution >= 0.6 is 22.9 Å². The maximum Gasteiger partial charge on any atom is 0.345 e. The van der Waals surface area contributed by atoms with Crippen LogP contribution < -0.4 is 5.32 Å². The number of nitrogens with one attached hydrogen (secondary N) is 1. The van der Waals surface area contributed by atoms with Crippen LogP contribution in [-0.2, 0) is 19.7 Å². The van der Waals surface area contributed by atoms with Gasteiger partial charge in [0.1, 0.15) is 22.2 Å². The maximum atomic E-state index is 13.4. The Morgan fingerprint density at radius 2 is 2.27 bits per heavy atom. The summed E-state index contributed by atoms with van der Waals surface area (Å²) >= 11 is 6.97. The molecule has 2 aliphatic rings. The molecule has 0 radical (unpaired) electrons. The van der Waals surface area contributed by atoms with Gasteiger partial charge >= 0.3 is 10.2 Å². The van der Waals surface area contributed by atoms with Gasteiger partial charge in [-0.2, -0.15) is 8.42 Å². The average Bonchev–Trinajstić information content (AvgIpc) is 3.40. The van der Waals surface area contributed by atoms with Crippen LogP contribution in [0.25, 0.3) is 0 Å². The minimum Gasteiger partial charge on any atom is -0.376 e. The molecule has 4 rings (SSSR count). The molecule has 1 N–H and O–H groups in total. The van der Waals surface area contributed by atoms with Crippen LogP contribution in [0.1, 0.15) is 17.8 Å². The summed E-state index contributed by atoms with van der Waals surface area (Å²) in [6.07, 6.45) is 4.04. The smallest absolute Gasteiger partial charge is 0.345 e. The molecule has 3 heterocycles. The fourth-order valence-corrected chi connectivity index (χ4v) is 5.15. The van der Waals surface area contributed by atoms with Gasteiger partial charge in [-0.3, -0.25) is 4.79 Å². The first kappa shape index (κ1) is 20.9. The second-order valence-corrected chi connectivity index (χ2v) is 9.39. The molecular weight excluding hydrogens is 455 g/mol. The van der Waals surface area contributed by atoms with Crippen molar-refractivity contribution in [2.45, 2.75) is 18.9 Å². The molecule has 0 aliphatic carbocycles. The SMILES string of the molecule is O=C(Nc1ccc(F)c(Cl)c1)C1=CC(c2nccs2)=NS(=O)(=O)N1CC1CCCO1. The Morgan fingerprint density at radius 1 is 1.43 bits per heavy atom. The number of thiazole rings is 1. The number of amides is 1. The van der Waals surface area contributed by atoms with Gasteiger partial charge in [-0.1, -0.05) is 11.6 Å². The Morgan fingerprint density at radius 3 is 2.93 bits per heavy atom. The molecule has 0 bridgehead atoms. The molecule has 1 aromatic carbocycles. The van der Waals surface area contributed by atoms with E-state index in [2.05, 4.69) is 14.7 Å². The summed E-state index contributed by atoms with van der Waals surface area (Å²) in [4.78, 5) is 17.1. The normalized spacial score (nSPS) is 20.6. The molecule has 8 nitrogen and oxygen atoms in total. The van der Waals surface area contributed by atoms with Crippen molar-refractivity contribution in [2.75, 3.05) is 18.5 Å². The highest BCUT2D eigenvalue weighted by Crippen LogP contribution is 2.27. The fourth-order valence-electron chi connectivity index (χ4n) is 3.09. The molecule has 0 saturated carbocycles. The van der Waals surface area contributed by atoms with Crippen molar-refractivity contribution in [1.82, 2.24) is 9.29 Å². The van der Waals surface area contributed by atoms with Crippen molar-refractivity contribution >= 4 is 50.5 Å². The number of carbonyl (C=O) groups excluding carboxylic acids is 1. The number of ether oxygens (including phenoxy) is 1. The molecule has 1 unspecified atom stereocenters. The average molecular weight is 471 g/mol. The molecule has 0 spiro atoms. The molecule has 30 heavy (non-hydrogen) atoms. The molecule has 1 amide bonds. The van der Waals surface area contributed by atoms with Crippen molar-refractivity contribution < 1.29 is 22.3 Å². The van der Waals surface area contributed by atoms with Gasteiger partial charge in [0, 0.05) is 23.9 Å². The number of benzene rings is 1. The molecule has 1 atom stereocenters. The van der Waals surface area contributed by atoms with Crippen LogP contribution in [0.15, 0.2) is 45.9 Å². The predicted molar refractivity (Wildman–Crippen MR) is 111 cm³/mol. The Bertz CT molecular complexity index is 1130. The van der Waals surface area contributed by atoms with Crippen LogP contribution in [-0.4, -0.2) is 48.6 Å². The predicted octanol–water partition coefficient (Wildman–Crippen LogP) is 2.99. The van der Waals surface area contributed by atoms with Crippen molar-refractivity contribution in [3.63, 3.8) is 0 Å². The summed E-state index contributed by atoms with van der Waals surface area (Å²) in [6, 6.07) is 3.68. The van der Waals surface area contributed by atoms with Crippen molar-refractivity contribution in [1.29, 1.82) is 0 Å². The topological polar surface area (TPSA) is 101 Å². The van der Waals surface area contributed by atoms with Crippen LogP contribution in [0.2, 0.25) is 5.02 Å². The van der Waals surface area contributed by atoms with Crippen LogP contribution in [0.3, 0.4) is 0 Å². The minimum absolute atomic E-state index is 0.0413. The second kappa shape index (κ2) is 8.42. The first-order valence-corrected chi connectivity index (χ1v) is 11.6. The number of hydrogen-bond acceptors (Lipinski definition) is 6. The van der Waals surface area contributed by atoms with Gasteiger partial charge in [0.25, 0.3) is 5.91 Å². The van der Waals surface area contributed by atoms with E-state index >= 15 is 0 Å². The van der Waals surface area contributed by atoms with E-state index in [1.165, 1.54) is 35.7 Å². The highest BCUT2D eigenvalue weighted by atomic mass is 35.5. The third-order valence-corrected chi connectivity index (χ3v) is 6.90. The first-order valence-electron chi connectivity index (χ1n) is 8.96. The summed E-state index contributed by atoms with van der Waals surface area (Å²) in [5.41, 5.74) is 0.155. The summed E-state index contributed by atoms with van der Waals surface area (Å²) in [5, 5.41) is 4.44. The Balaban J connectivity index is 1.69. The first-order chi connectivity index (χ1) is 14.3. The highest BCUT2D eigenvalue weighted by Gasteiger charge is 2.36. The lowest BCUT2D eigenvalue weighted by Crippen LogP contribution is -2.42. The molecule has 1 saturated heterocycles. The lowest BCUT2D eigenvalue weighted by Gasteiger charge is -2.28. The molecule has 2 aromatic rings. The molecule has 1 aromatic heterocycles. The second-order valence-electron chi connectivity index (χ2n) is 6.57. The van der Waals surface area contributed by atoms with E-state index in [9.17, 15) is 17.6 Å². The number of aromatic nitrogens is 1. The molecule has 2 aliphatic heterocycles. The van der Waals surface area contributed by atoms with E-state index in [0.29, 0.717) is 18.0 Å². The Hall–Kier alpha value is -2.34. The molecular formula is C18H16ClFN4O4S2. The van der Waals surface area contributed by atoms with Crippen LogP contribution in [0.5, 0.6) is 0 Å². The monoisotopic (exact) mass is 470 g/mol. The van der Waals surface area contributed by atoms with Gasteiger partial charge in [0.2, 0.25) is 0 Å². The van der Waals surface area contributed by atoms with E-state index in [1.54, 1.807) is 5.38 Å². The van der Waals surface area contributed by atoms with Gasteiger partial charge in [-0.25, -0.2) is 13.7 Å². The summed E-state index contributed by atoms with van der Waals surface area (Å²) in [6.45, 7) is 0.492. The van der Waals surface area contributed by atoms with E-state index in [1.807, 2.05) is 0 Å². The van der Waals surface area contributed by atoms with Gasteiger partial charge in [0.15, 0.2) is 0 Å². The van der Waals surface area contributed by atoms with E-state index < -0.39 is 21.9 Å². The van der Waals surface area contributed by atoms with Crippen molar-refractivity contribution in [3.05, 3.63) is 57.4 Å². The lowest BCUT2D eigenvalue weighted by molar-refractivity contribution is -0.113. The lowest BCUT2D eigenvalue weighted by atomic mass is 10.2. The third kappa shape index (κ3) is 4.38. The number of rotatable bonds is 5. The van der Waals surface area contributed by atoms with E-state index in [0.717, 1.165) is 16.8 Å². The van der Waals surface area contributed by atoms with Gasteiger partial charge in [-0.05, 0) is 37.1 Å². The highest BCUT2D eigenvalue weighted by molar-refractivity contribution is 7.88. The Kier molecular flexibility index (Phi) is 5.87. The molecule has 158 valence electrons. The van der Waals surface area contributed by atoms with Gasteiger partial charge in [-0.15, -0.1) is 15.7 Å². The maximum absolute atomic E-state index is 13.4. The van der Waals surface area contributed by atoms with E-state index in [-0.39, 0.29) is 34.8 Å². The quantitative estimate of drug-likeness (QED) is 0.724. The summed E-state index contributed by atoms with van der Waals surface area (Å²) in [7, 11) is -4.19. The summed E-state index contributed by atoms with van der Waals surface area (Å²) in [5.74, 6) is -1.34. The number of carbonyl (C=O) groups is 1. The minimum atomic E-state index is -4.19. The number of hydrogen-bond donors (Lipinski definition) is 1.